The van der Waals surface area contributed by atoms with Gasteiger partial charge in [-0.05, 0) is 50.9 Å². The van der Waals surface area contributed by atoms with Crippen LogP contribution in [0.2, 0.25) is 0 Å². The van der Waals surface area contributed by atoms with Gasteiger partial charge in [0.15, 0.2) is 0 Å². The lowest BCUT2D eigenvalue weighted by Gasteiger charge is -2.34. The third kappa shape index (κ3) is 4.50. The van der Waals surface area contributed by atoms with E-state index in [1.807, 2.05) is 4.90 Å². The van der Waals surface area contributed by atoms with Crippen molar-refractivity contribution in [2.24, 2.45) is 11.8 Å². The standard InChI is InChI=1S/C19H33N3O2/c1-2-3-8-20-19(24)15-6-9-22(10-7-15)18(23)13-14-11-16-4-5-17(12-14)21-16/h14-17,21H,2-13H2,1H3,(H,20,24). The minimum Gasteiger partial charge on any atom is -0.356 e. The predicted octanol–water partition coefficient (Wildman–Crippen LogP) is 2.06. The van der Waals surface area contributed by atoms with E-state index < -0.39 is 0 Å². The van der Waals surface area contributed by atoms with E-state index in [1.54, 1.807) is 0 Å². The number of nitrogens with one attached hydrogen (secondary N) is 2. The maximum absolute atomic E-state index is 12.6. The maximum atomic E-state index is 12.6. The summed E-state index contributed by atoms with van der Waals surface area (Å²) in [4.78, 5) is 26.7. The highest BCUT2D eigenvalue weighted by Gasteiger charge is 2.35. The number of likely N-dealkylation sites (tertiary alicyclic amines) is 1. The van der Waals surface area contributed by atoms with E-state index >= 15 is 0 Å². The molecule has 3 saturated heterocycles. The predicted molar refractivity (Wildman–Crippen MR) is 94.5 cm³/mol. The van der Waals surface area contributed by atoms with Crippen LogP contribution >= 0.6 is 0 Å². The second-order valence-electron chi connectivity index (χ2n) is 7.98. The van der Waals surface area contributed by atoms with Crippen LogP contribution in [0.15, 0.2) is 0 Å². The van der Waals surface area contributed by atoms with Crippen LogP contribution < -0.4 is 10.6 Å². The molecule has 2 amide bonds. The summed E-state index contributed by atoms with van der Waals surface area (Å²) in [5.41, 5.74) is 0. The van der Waals surface area contributed by atoms with Crippen molar-refractivity contribution in [1.29, 1.82) is 0 Å². The molecule has 2 N–H and O–H groups in total. The molecule has 136 valence electrons. The molecule has 2 bridgehead atoms. The number of nitrogens with zero attached hydrogens (tertiary/aromatic N) is 1. The van der Waals surface area contributed by atoms with Gasteiger partial charge in [-0.3, -0.25) is 9.59 Å². The Hall–Kier alpha value is -1.10. The molecule has 0 aromatic carbocycles. The van der Waals surface area contributed by atoms with Crippen molar-refractivity contribution in [3.05, 3.63) is 0 Å². The van der Waals surface area contributed by atoms with Crippen molar-refractivity contribution >= 4 is 11.8 Å². The molecule has 0 aromatic rings. The Bertz CT molecular complexity index is 434. The summed E-state index contributed by atoms with van der Waals surface area (Å²) in [7, 11) is 0. The number of piperidine rings is 2. The van der Waals surface area contributed by atoms with Gasteiger partial charge in [-0.15, -0.1) is 0 Å². The Morgan fingerprint density at radius 3 is 2.38 bits per heavy atom. The molecule has 3 aliphatic heterocycles. The molecule has 3 rings (SSSR count). The fourth-order valence-corrected chi connectivity index (χ4v) is 4.64. The van der Waals surface area contributed by atoms with Crippen LogP contribution in [0.3, 0.4) is 0 Å². The van der Waals surface area contributed by atoms with Crippen LogP contribution in [0, 0.1) is 11.8 Å². The van der Waals surface area contributed by atoms with E-state index in [1.165, 1.54) is 25.7 Å². The van der Waals surface area contributed by atoms with Gasteiger partial charge >= 0.3 is 0 Å². The summed E-state index contributed by atoms with van der Waals surface area (Å²) >= 11 is 0. The first-order valence-corrected chi connectivity index (χ1v) is 9.97. The van der Waals surface area contributed by atoms with Gasteiger partial charge in [-0.25, -0.2) is 0 Å². The van der Waals surface area contributed by atoms with Gasteiger partial charge in [0.05, 0.1) is 0 Å². The fourth-order valence-electron chi connectivity index (χ4n) is 4.64. The average Bonchev–Trinajstić information content (AvgIpc) is 2.93. The second kappa shape index (κ2) is 8.32. The molecule has 3 fully saturated rings. The quantitative estimate of drug-likeness (QED) is 0.731. The molecule has 0 aromatic heterocycles. The third-order valence-corrected chi connectivity index (χ3v) is 6.08. The lowest BCUT2D eigenvalue weighted by atomic mass is 9.88. The fraction of sp³-hybridized carbons (Fsp3) is 0.895. The zero-order valence-corrected chi connectivity index (χ0v) is 15.1. The van der Waals surface area contributed by atoms with E-state index in [4.69, 9.17) is 0 Å². The molecular weight excluding hydrogens is 302 g/mol. The van der Waals surface area contributed by atoms with Crippen LogP contribution in [0.4, 0.5) is 0 Å². The van der Waals surface area contributed by atoms with Gasteiger partial charge in [-0.2, -0.15) is 0 Å². The number of unbranched alkanes of at least 4 members (excludes halogenated alkanes) is 1. The summed E-state index contributed by atoms with van der Waals surface area (Å²) in [6.45, 7) is 4.42. The molecule has 0 saturated carbocycles. The van der Waals surface area contributed by atoms with Gasteiger partial charge in [0.2, 0.25) is 11.8 Å². The van der Waals surface area contributed by atoms with Crippen molar-refractivity contribution in [3.8, 4) is 0 Å². The molecule has 3 heterocycles. The summed E-state index contributed by atoms with van der Waals surface area (Å²) in [5, 5.41) is 6.67. The van der Waals surface area contributed by atoms with E-state index in [0.29, 0.717) is 30.3 Å². The van der Waals surface area contributed by atoms with Crippen molar-refractivity contribution in [3.63, 3.8) is 0 Å². The number of fused-ring (bicyclic) bond motifs is 2. The number of carbonyl (C=O) groups is 2. The molecule has 5 heteroatoms. The first-order valence-electron chi connectivity index (χ1n) is 9.97. The smallest absolute Gasteiger partial charge is 0.223 e. The van der Waals surface area contributed by atoms with Crippen molar-refractivity contribution in [2.45, 2.75) is 76.8 Å². The van der Waals surface area contributed by atoms with E-state index in [-0.39, 0.29) is 11.8 Å². The minimum absolute atomic E-state index is 0.0978. The van der Waals surface area contributed by atoms with Crippen LogP contribution in [-0.4, -0.2) is 48.4 Å². The molecule has 0 aliphatic carbocycles. The SMILES string of the molecule is CCCCNC(=O)C1CCN(C(=O)CC2CC3CCC(C2)N3)CC1. The molecule has 24 heavy (non-hydrogen) atoms. The average molecular weight is 335 g/mol. The molecule has 5 nitrogen and oxygen atoms in total. The zero-order valence-electron chi connectivity index (χ0n) is 15.1. The number of carbonyl (C=O) groups excluding carboxylic acids is 2. The van der Waals surface area contributed by atoms with Crippen LogP contribution in [0.5, 0.6) is 0 Å². The number of hydrogen-bond acceptors (Lipinski definition) is 3. The molecule has 2 atom stereocenters. The molecule has 3 aliphatic rings. The highest BCUT2D eigenvalue weighted by molar-refractivity contribution is 5.80. The number of hydrogen-bond donors (Lipinski definition) is 2. The summed E-state index contributed by atoms with van der Waals surface area (Å²) < 4.78 is 0. The topological polar surface area (TPSA) is 61.4 Å². The monoisotopic (exact) mass is 335 g/mol. The Morgan fingerprint density at radius 1 is 1.08 bits per heavy atom. The zero-order chi connectivity index (χ0) is 16.9. The van der Waals surface area contributed by atoms with Gasteiger partial charge in [0.1, 0.15) is 0 Å². The molecule has 2 unspecified atom stereocenters. The second-order valence-corrected chi connectivity index (χ2v) is 7.98. The summed E-state index contributed by atoms with van der Waals surface area (Å²) in [6, 6.07) is 1.30. The maximum Gasteiger partial charge on any atom is 0.223 e. The molecular formula is C19H33N3O2. The summed E-state index contributed by atoms with van der Waals surface area (Å²) in [6.07, 6.45) is 9.40. The van der Waals surface area contributed by atoms with Crippen LogP contribution in [0.25, 0.3) is 0 Å². The van der Waals surface area contributed by atoms with Crippen molar-refractivity contribution in [1.82, 2.24) is 15.5 Å². The van der Waals surface area contributed by atoms with Gasteiger partial charge in [0, 0.05) is 44.1 Å². The minimum atomic E-state index is 0.0978. The van der Waals surface area contributed by atoms with Crippen LogP contribution in [0.1, 0.15) is 64.7 Å². The van der Waals surface area contributed by atoms with E-state index in [0.717, 1.165) is 45.3 Å². The van der Waals surface area contributed by atoms with Crippen molar-refractivity contribution in [2.75, 3.05) is 19.6 Å². The lowest BCUT2D eigenvalue weighted by Crippen LogP contribution is -2.44. The largest absolute Gasteiger partial charge is 0.356 e. The van der Waals surface area contributed by atoms with Gasteiger partial charge < -0.3 is 15.5 Å². The highest BCUT2D eigenvalue weighted by atomic mass is 16.2. The van der Waals surface area contributed by atoms with Gasteiger partial charge in [0.25, 0.3) is 0 Å². The number of amides is 2. The van der Waals surface area contributed by atoms with E-state index in [2.05, 4.69) is 17.6 Å². The molecule has 0 radical (unpaired) electrons. The Balaban J connectivity index is 1.38. The first kappa shape index (κ1) is 17.7. The summed E-state index contributed by atoms with van der Waals surface area (Å²) in [5.74, 6) is 1.16. The van der Waals surface area contributed by atoms with Crippen molar-refractivity contribution < 1.29 is 9.59 Å². The Kier molecular flexibility index (Phi) is 6.14. The Labute approximate surface area is 145 Å². The van der Waals surface area contributed by atoms with Crippen LogP contribution in [-0.2, 0) is 9.59 Å². The first-order chi connectivity index (χ1) is 11.7. The Morgan fingerprint density at radius 2 is 1.75 bits per heavy atom. The third-order valence-electron chi connectivity index (χ3n) is 6.08. The highest BCUT2D eigenvalue weighted by Crippen LogP contribution is 2.33. The van der Waals surface area contributed by atoms with Gasteiger partial charge in [-0.1, -0.05) is 13.3 Å². The molecule has 0 spiro atoms. The normalized spacial score (nSPS) is 30.4. The number of rotatable bonds is 6. The van der Waals surface area contributed by atoms with E-state index in [9.17, 15) is 9.59 Å². The lowest BCUT2D eigenvalue weighted by molar-refractivity contribution is -0.136.